The second kappa shape index (κ2) is 4.57. The molecule has 0 spiro atoms. The van der Waals surface area contributed by atoms with E-state index >= 15 is 0 Å². The van der Waals surface area contributed by atoms with Gasteiger partial charge in [0, 0.05) is 16.4 Å². The van der Waals surface area contributed by atoms with Gasteiger partial charge >= 0.3 is 0 Å². The molecule has 2 nitrogen and oxygen atoms in total. The molecule has 0 fully saturated rings. The highest BCUT2D eigenvalue weighted by Gasteiger charge is 2.38. The molecule has 2 heteroatoms. The van der Waals surface area contributed by atoms with Crippen LogP contribution in [-0.4, -0.2) is 11.6 Å². The van der Waals surface area contributed by atoms with Crippen molar-refractivity contribution < 1.29 is 4.74 Å². The Bertz CT molecular complexity index is 880. The second-order valence-corrected chi connectivity index (χ2v) is 6.29. The number of rotatable bonds is 2. The Balaban J connectivity index is 2.16. The van der Waals surface area contributed by atoms with Gasteiger partial charge in [0.1, 0.15) is 0 Å². The van der Waals surface area contributed by atoms with Crippen LogP contribution in [0.4, 0.5) is 0 Å². The van der Waals surface area contributed by atoms with Gasteiger partial charge in [-0.15, -0.1) is 0 Å². The van der Waals surface area contributed by atoms with Crippen molar-refractivity contribution in [3.05, 3.63) is 59.8 Å². The summed E-state index contributed by atoms with van der Waals surface area (Å²) in [5.41, 5.74) is 4.93. The molecule has 2 aromatic carbocycles. The van der Waals surface area contributed by atoms with Crippen LogP contribution in [0.5, 0.6) is 5.88 Å². The van der Waals surface area contributed by atoms with E-state index in [0.717, 1.165) is 17.0 Å². The molecule has 0 saturated heterocycles. The van der Waals surface area contributed by atoms with E-state index in [1.807, 2.05) is 13.0 Å². The summed E-state index contributed by atoms with van der Waals surface area (Å²) in [7, 11) is 0. The number of benzene rings is 2. The van der Waals surface area contributed by atoms with Crippen LogP contribution in [-0.2, 0) is 5.41 Å². The van der Waals surface area contributed by atoms with E-state index in [4.69, 9.17) is 9.72 Å². The molecular formula is C20H19NO. The smallest absolute Gasteiger partial charge is 0.221 e. The lowest BCUT2D eigenvalue weighted by molar-refractivity contribution is 0.329. The van der Waals surface area contributed by atoms with Gasteiger partial charge in [-0.3, -0.25) is 0 Å². The first-order chi connectivity index (χ1) is 10.6. The molecule has 1 heterocycles. The van der Waals surface area contributed by atoms with E-state index < -0.39 is 0 Å². The number of aromatic nitrogens is 1. The zero-order valence-corrected chi connectivity index (χ0v) is 13.2. The van der Waals surface area contributed by atoms with Gasteiger partial charge < -0.3 is 4.74 Å². The molecule has 1 aromatic heterocycles. The fourth-order valence-corrected chi connectivity index (χ4v) is 3.58. The summed E-state index contributed by atoms with van der Waals surface area (Å²) >= 11 is 0. The van der Waals surface area contributed by atoms with Crippen molar-refractivity contribution >= 4 is 10.8 Å². The van der Waals surface area contributed by atoms with Crippen LogP contribution in [0.1, 0.15) is 32.0 Å². The lowest BCUT2D eigenvalue weighted by atomic mass is 9.85. The first-order valence-corrected chi connectivity index (χ1v) is 7.80. The Morgan fingerprint density at radius 1 is 0.955 bits per heavy atom. The Morgan fingerprint density at radius 2 is 1.64 bits per heavy atom. The van der Waals surface area contributed by atoms with E-state index in [-0.39, 0.29) is 5.41 Å². The number of nitrogens with zero attached hydrogens (tertiary/aromatic N) is 1. The summed E-state index contributed by atoms with van der Waals surface area (Å²) in [6.45, 7) is 7.12. The van der Waals surface area contributed by atoms with Gasteiger partial charge in [-0.2, -0.15) is 0 Å². The van der Waals surface area contributed by atoms with Crippen LogP contribution in [0, 0.1) is 0 Å². The third-order valence-electron chi connectivity index (χ3n) is 4.62. The Hall–Kier alpha value is -2.35. The number of hydrogen-bond donors (Lipinski definition) is 0. The zero-order chi connectivity index (χ0) is 15.3. The third-order valence-corrected chi connectivity index (χ3v) is 4.62. The molecule has 0 radical (unpaired) electrons. The predicted octanol–water partition coefficient (Wildman–Crippen LogP) is 4.94. The highest BCUT2D eigenvalue weighted by molar-refractivity contribution is 6.03. The van der Waals surface area contributed by atoms with E-state index in [1.54, 1.807) is 0 Å². The topological polar surface area (TPSA) is 22.1 Å². The molecule has 1 aliphatic rings. The molecule has 110 valence electrons. The molecule has 3 aromatic rings. The van der Waals surface area contributed by atoms with Crippen LogP contribution in [0.3, 0.4) is 0 Å². The molecule has 0 amide bonds. The minimum Gasteiger partial charge on any atom is -0.478 e. The van der Waals surface area contributed by atoms with Crippen molar-refractivity contribution in [2.45, 2.75) is 26.2 Å². The Kier molecular flexibility index (Phi) is 2.77. The van der Waals surface area contributed by atoms with Gasteiger partial charge in [-0.25, -0.2) is 4.98 Å². The van der Waals surface area contributed by atoms with Gasteiger partial charge in [0.05, 0.1) is 12.3 Å². The molecule has 0 atom stereocenters. The van der Waals surface area contributed by atoms with Crippen LogP contribution in [0.2, 0.25) is 0 Å². The highest BCUT2D eigenvalue weighted by atomic mass is 16.5. The van der Waals surface area contributed by atoms with E-state index in [0.29, 0.717) is 6.61 Å². The highest BCUT2D eigenvalue weighted by Crippen LogP contribution is 2.51. The van der Waals surface area contributed by atoms with Gasteiger partial charge in [0.25, 0.3) is 0 Å². The number of ether oxygens (including phenoxy) is 1. The molecule has 4 rings (SSSR count). The summed E-state index contributed by atoms with van der Waals surface area (Å²) in [5.74, 6) is 0.748. The van der Waals surface area contributed by atoms with Crippen molar-refractivity contribution in [2.75, 3.05) is 6.61 Å². The SMILES string of the molecule is CCOc1nc2c(c3ccccc13)-c1ccccc1C2(C)C. The van der Waals surface area contributed by atoms with E-state index in [1.165, 1.54) is 22.1 Å². The molecule has 0 aliphatic heterocycles. The van der Waals surface area contributed by atoms with Crippen molar-refractivity contribution in [3.8, 4) is 17.0 Å². The summed E-state index contributed by atoms with van der Waals surface area (Å²) in [6.07, 6.45) is 0. The number of hydrogen-bond acceptors (Lipinski definition) is 2. The summed E-state index contributed by atoms with van der Waals surface area (Å²) in [4.78, 5) is 4.92. The average molecular weight is 289 g/mol. The minimum atomic E-state index is -0.0954. The van der Waals surface area contributed by atoms with E-state index in [9.17, 15) is 0 Å². The predicted molar refractivity (Wildman–Crippen MR) is 90.5 cm³/mol. The standard InChI is InChI=1S/C20H19NO/c1-4-22-19-14-10-6-5-9-13(14)17-15-11-7-8-12-16(15)20(2,3)18(17)21-19/h5-12H,4H2,1-3H3. The first kappa shape index (κ1) is 13.3. The monoisotopic (exact) mass is 289 g/mol. The Labute approximate surface area is 130 Å². The minimum absolute atomic E-state index is 0.0954. The molecule has 0 bridgehead atoms. The van der Waals surface area contributed by atoms with Crippen LogP contribution >= 0.6 is 0 Å². The maximum atomic E-state index is 5.83. The second-order valence-electron chi connectivity index (χ2n) is 6.29. The van der Waals surface area contributed by atoms with Gasteiger partial charge in [-0.05, 0) is 29.5 Å². The first-order valence-electron chi connectivity index (χ1n) is 7.80. The molecular weight excluding hydrogens is 270 g/mol. The maximum Gasteiger partial charge on any atom is 0.221 e. The van der Waals surface area contributed by atoms with Crippen molar-refractivity contribution in [1.82, 2.24) is 4.98 Å². The molecule has 0 unspecified atom stereocenters. The van der Waals surface area contributed by atoms with Gasteiger partial charge in [-0.1, -0.05) is 56.3 Å². The normalized spacial score (nSPS) is 14.7. The van der Waals surface area contributed by atoms with Crippen molar-refractivity contribution in [1.29, 1.82) is 0 Å². The molecule has 0 N–H and O–H groups in total. The largest absolute Gasteiger partial charge is 0.478 e. The zero-order valence-electron chi connectivity index (χ0n) is 13.2. The summed E-state index contributed by atoms with van der Waals surface area (Å²) in [5, 5.41) is 2.32. The lowest BCUT2D eigenvalue weighted by Crippen LogP contribution is -2.17. The fraction of sp³-hybridized carbons (Fsp3) is 0.250. The van der Waals surface area contributed by atoms with Gasteiger partial charge in [0.15, 0.2) is 0 Å². The van der Waals surface area contributed by atoms with Crippen LogP contribution < -0.4 is 4.74 Å². The fourth-order valence-electron chi connectivity index (χ4n) is 3.58. The summed E-state index contributed by atoms with van der Waals surface area (Å²) in [6, 6.07) is 17.0. The summed E-state index contributed by atoms with van der Waals surface area (Å²) < 4.78 is 5.83. The number of pyridine rings is 1. The molecule has 1 aliphatic carbocycles. The third kappa shape index (κ3) is 1.64. The van der Waals surface area contributed by atoms with Crippen LogP contribution in [0.25, 0.3) is 21.9 Å². The molecule has 22 heavy (non-hydrogen) atoms. The maximum absolute atomic E-state index is 5.83. The van der Waals surface area contributed by atoms with E-state index in [2.05, 4.69) is 56.3 Å². The number of fused-ring (bicyclic) bond motifs is 5. The van der Waals surface area contributed by atoms with Crippen molar-refractivity contribution in [3.63, 3.8) is 0 Å². The van der Waals surface area contributed by atoms with Gasteiger partial charge in [0.2, 0.25) is 5.88 Å². The lowest BCUT2D eigenvalue weighted by Gasteiger charge is -2.21. The average Bonchev–Trinajstić information content (AvgIpc) is 2.77. The molecule has 0 saturated carbocycles. The Morgan fingerprint density at radius 3 is 2.41 bits per heavy atom. The van der Waals surface area contributed by atoms with Crippen LogP contribution in [0.15, 0.2) is 48.5 Å². The quantitative estimate of drug-likeness (QED) is 0.666. The van der Waals surface area contributed by atoms with Crippen molar-refractivity contribution in [2.24, 2.45) is 0 Å².